The second-order valence-corrected chi connectivity index (χ2v) is 12.3. The van der Waals surface area contributed by atoms with E-state index in [9.17, 15) is 19.7 Å². The SMILES string of the molecule is CCC(COC(=O)CCCC(=O)NCCOCCOCCC(C)(C)SSc1ccc([N+](=O)[O-])cn1)OC(CO)OC. The molecule has 0 radical (unpaired) electrons. The first-order valence-corrected chi connectivity index (χ1v) is 15.6. The third-order valence-electron chi connectivity index (χ3n) is 5.50. The number of nitrogens with zero attached hydrogens (tertiary/aromatic N) is 2. The quantitative estimate of drug-likeness (QED) is 0.0430. The molecule has 0 aliphatic heterocycles. The number of esters is 1. The van der Waals surface area contributed by atoms with Crippen molar-refractivity contribution in [2.45, 2.75) is 75.0 Å². The molecule has 2 N–H and O–H groups in total. The molecule has 1 aromatic heterocycles. The number of carbonyl (C=O) groups excluding carboxylic acids is 2. The fourth-order valence-corrected chi connectivity index (χ4v) is 5.19. The summed E-state index contributed by atoms with van der Waals surface area (Å²) in [6.45, 7) is 7.94. The second kappa shape index (κ2) is 21.7. The van der Waals surface area contributed by atoms with E-state index in [1.54, 1.807) is 16.9 Å². The first-order chi connectivity index (χ1) is 19.6. The van der Waals surface area contributed by atoms with E-state index in [4.69, 9.17) is 28.8 Å². The number of pyridine rings is 1. The summed E-state index contributed by atoms with van der Waals surface area (Å²) in [6.07, 6.45) is 2.19. The molecule has 0 aliphatic carbocycles. The van der Waals surface area contributed by atoms with Crippen LogP contribution in [-0.2, 0) is 33.3 Å². The smallest absolute Gasteiger partial charge is 0.305 e. The molecule has 0 aromatic carbocycles. The van der Waals surface area contributed by atoms with Gasteiger partial charge in [-0.15, -0.1) is 0 Å². The maximum absolute atomic E-state index is 11.9. The lowest BCUT2D eigenvalue weighted by atomic mass is 10.1. The first-order valence-electron chi connectivity index (χ1n) is 13.4. The van der Waals surface area contributed by atoms with Crippen LogP contribution in [0.15, 0.2) is 23.4 Å². The molecule has 0 saturated heterocycles. The summed E-state index contributed by atoms with van der Waals surface area (Å²) in [7, 11) is 4.52. The van der Waals surface area contributed by atoms with Gasteiger partial charge in [0.2, 0.25) is 5.91 Å². The number of aliphatic hydroxyl groups is 1. The number of aromatic nitrogens is 1. The Morgan fingerprint density at radius 1 is 1.17 bits per heavy atom. The third-order valence-corrected chi connectivity index (χ3v) is 8.77. The largest absolute Gasteiger partial charge is 0.463 e. The van der Waals surface area contributed by atoms with E-state index in [0.717, 1.165) is 6.42 Å². The highest BCUT2D eigenvalue weighted by Gasteiger charge is 2.20. The highest BCUT2D eigenvalue weighted by molar-refractivity contribution is 8.77. The molecule has 15 heteroatoms. The zero-order valence-corrected chi connectivity index (χ0v) is 25.8. The van der Waals surface area contributed by atoms with Gasteiger partial charge < -0.3 is 34.1 Å². The molecule has 2 atom stereocenters. The zero-order valence-electron chi connectivity index (χ0n) is 24.2. The molecule has 41 heavy (non-hydrogen) atoms. The van der Waals surface area contributed by atoms with Crippen LogP contribution in [0.25, 0.3) is 0 Å². The number of hydrogen-bond acceptors (Lipinski definition) is 13. The lowest BCUT2D eigenvalue weighted by molar-refractivity contribution is -0.385. The number of ether oxygens (including phenoxy) is 5. The van der Waals surface area contributed by atoms with Crippen LogP contribution in [0.4, 0.5) is 5.69 Å². The molecule has 0 spiro atoms. The fraction of sp³-hybridized carbons (Fsp3) is 0.731. The van der Waals surface area contributed by atoms with Gasteiger partial charge in [0.25, 0.3) is 5.69 Å². The number of carbonyl (C=O) groups is 2. The van der Waals surface area contributed by atoms with Crippen LogP contribution in [-0.4, -0.2) is 97.3 Å². The normalized spacial score (nSPS) is 13.0. The lowest BCUT2D eigenvalue weighted by Gasteiger charge is -2.22. The lowest BCUT2D eigenvalue weighted by Crippen LogP contribution is -2.30. The number of rotatable bonds is 24. The Labute approximate surface area is 249 Å². The van der Waals surface area contributed by atoms with Crippen molar-refractivity contribution in [1.29, 1.82) is 0 Å². The zero-order chi connectivity index (χ0) is 30.5. The van der Waals surface area contributed by atoms with Crippen molar-refractivity contribution in [3.63, 3.8) is 0 Å². The van der Waals surface area contributed by atoms with E-state index in [1.165, 1.54) is 30.2 Å². The Kier molecular flexibility index (Phi) is 19.6. The van der Waals surface area contributed by atoms with Crippen molar-refractivity contribution in [3.8, 4) is 0 Å². The summed E-state index contributed by atoms with van der Waals surface area (Å²) in [6, 6.07) is 3.08. The van der Waals surface area contributed by atoms with Crippen LogP contribution in [0.1, 0.15) is 52.9 Å². The predicted molar refractivity (Wildman–Crippen MR) is 156 cm³/mol. The van der Waals surface area contributed by atoms with E-state index in [-0.39, 0.29) is 48.5 Å². The summed E-state index contributed by atoms with van der Waals surface area (Å²) in [5.41, 5.74) is -0.0304. The molecular weight excluding hydrogens is 578 g/mol. The van der Waals surface area contributed by atoms with Crippen molar-refractivity contribution < 1.29 is 43.3 Å². The summed E-state index contributed by atoms with van der Waals surface area (Å²) in [5, 5.41) is 23.3. The van der Waals surface area contributed by atoms with Crippen LogP contribution in [0.3, 0.4) is 0 Å². The summed E-state index contributed by atoms with van der Waals surface area (Å²) < 4.78 is 26.7. The van der Waals surface area contributed by atoms with E-state index < -0.39 is 17.2 Å². The Balaban J connectivity index is 2.02. The molecule has 0 bridgehead atoms. The van der Waals surface area contributed by atoms with E-state index in [2.05, 4.69) is 24.1 Å². The monoisotopic (exact) mass is 621 g/mol. The van der Waals surface area contributed by atoms with Gasteiger partial charge in [0.15, 0.2) is 6.29 Å². The molecule has 1 amide bonds. The van der Waals surface area contributed by atoms with E-state index in [0.29, 0.717) is 50.8 Å². The maximum Gasteiger partial charge on any atom is 0.305 e. The molecule has 1 rings (SSSR count). The highest BCUT2D eigenvalue weighted by Crippen LogP contribution is 2.41. The van der Waals surface area contributed by atoms with Crippen LogP contribution in [0.5, 0.6) is 0 Å². The Morgan fingerprint density at radius 2 is 1.90 bits per heavy atom. The minimum atomic E-state index is -0.762. The van der Waals surface area contributed by atoms with Crippen LogP contribution < -0.4 is 5.32 Å². The van der Waals surface area contributed by atoms with Crippen molar-refractivity contribution in [2.24, 2.45) is 0 Å². The van der Waals surface area contributed by atoms with Crippen LogP contribution in [0.2, 0.25) is 0 Å². The molecule has 0 saturated carbocycles. The van der Waals surface area contributed by atoms with Crippen molar-refractivity contribution in [1.82, 2.24) is 10.3 Å². The van der Waals surface area contributed by atoms with Gasteiger partial charge in [0, 0.05) is 43.9 Å². The van der Waals surface area contributed by atoms with Gasteiger partial charge in [0.05, 0.1) is 37.5 Å². The van der Waals surface area contributed by atoms with Gasteiger partial charge in [-0.2, -0.15) is 0 Å². The van der Waals surface area contributed by atoms with Crippen molar-refractivity contribution in [3.05, 3.63) is 28.4 Å². The highest BCUT2D eigenvalue weighted by atomic mass is 33.1. The molecule has 2 unspecified atom stereocenters. The topological polar surface area (TPSA) is 169 Å². The second-order valence-electron chi connectivity index (χ2n) is 9.41. The average molecular weight is 622 g/mol. The summed E-state index contributed by atoms with van der Waals surface area (Å²) in [5.74, 6) is -0.580. The van der Waals surface area contributed by atoms with Gasteiger partial charge in [-0.3, -0.25) is 19.7 Å². The molecule has 13 nitrogen and oxygen atoms in total. The molecule has 1 aromatic rings. The van der Waals surface area contributed by atoms with Gasteiger partial charge in [-0.05, 0) is 50.0 Å². The Hall–Kier alpha value is -2.01. The number of amides is 1. The third kappa shape index (κ3) is 18.2. The minimum Gasteiger partial charge on any atom is -0.463 e. The first kappa shape index (κ1) is 37.0. The predicted octanol–water partition coefficient (Wildman–Crippen LogP) is 3.52. The fourth-order valence-electron chi connectivity index (χ4n) is 3.01. The van der Waals surface area contributed by atoms with Gasteiger partial charge in [-0.1, -0.05) is 17.7 Å². The molecular formula is C26H43N3O10S2. The van der Waals surface area contributed by atoms with Crippen molar-refractivity contribution in [2.75, 3.05) is 53.3 Å². The number of hydrogen-bond donors (Lipinski definition) is 2. The standard InChI is InChI=1S/C26H43N3O10S2/c1-5-21(39-25(18-30)35-4)19-38-24(32)8-6-7-22(31)27-12-14-37-16-15-36-13-11-26(2,3)41-40-23-10-9-20(17-28-23)29(33)34/h9-10,17,21,25,30H,5-8,11-16,18-19H2,1-4H3,(H,27,31). The molecule has 0 aliphatic rings. The Bertz CT molecular complexity index is 889. The van der Waals surface area contributed by atoms with Crippen molar-refractivity contribution >= 4 is 39.2 Å². The van der Waals surface area contributed by atoms with Gasteiger partial charge in [0.1, 0.15) is 17.8 Å². The molecule has 1 heterocycles. The maximum atomic E-state index is 11.9. The number of aliphatic hydroxyl groups excluding tert-OH is 1. The van der Waals surface area contributed by atoms with Gasteiger partial charge >= 0.3 is 5.97 Å². The summed E-state index contributed by atoms with van der Waals surface area (Å²) >= 11 is 0. The number of nitrogens with one attached hydrogen (secondary N) is 1. The number of nitro groups is 1. The molecule has 0 fully saturated rings. The molecule has 234 valence electrons. The van der Waals surface area contributed by atoms with E-state index >= 15 is 0 Å². The summed E-state index contributed by atoms with van der Waals surface area (Å²) in [4.78, 5) is 38.2. The van der Waals surface area contributed by atoms with Gasteiger partial charge in [-0.25, -0.2) is 4.98 Å². The van der Waals surface area contributed by atoms with Crippen LogP contribution in [0, 0.1) is 10.1 Å². The average Bonchev–Trinajstić information content (AvgIpc) is 2.95. The number of methoxy groups -OCH3 is 1. The minimum absolute atomic E-state index is 0.0304. The van der Waals surface area contributed by atoms with E-state index in [1.807, 2.05) is 6.92 Å². The Morgan fingerprint density at radius 3 is 2.51 bits per heavy atom. The van der Waals surface area contributed by atoms with Crippen LogP contribution >= 0.6 is 21.6 Å².